The molecule has 3 aromatic rings. The second-order valence-corrected chi connectivity index (χ2v) is 6.05. The molecule has 0 fully saturated rings. The van der Waals surface area contributed by atoms with Gasteiger partial charge in [-0.05, 0) is 50.6 Å². The van der Waals surface area contributed by atoms with Crippen LogP contribution in [-0.4, -0.2) is 25.9 Å². The number of aromatic nitrogens is 2. The van der Waals surface area contributed by atoms with Crippen LogP contribution in [0, 0.1) is 20.8 Å². The van der Waals surface area contributed by atoms with E-state index in [-0.39, 0.29) is 11.6 Å². The lowest BCUT2D eigenvalue weighted by Gasteiger charge is -2.13. The molecule has 0 unspecified atom stereocenters. The van der Waals surface area contributed by atoms with Gasteiger partial charge in [-0.25, -0.2) is 0 Å². The average Bonchev–Trinajstić information content (AvgIpc) is 3.05. The Hall–Kier alpha value is -2.93. The Morgan fingerprint density at radius 1 is 1.24 bits per heavy atom. The summed E-state index contributed by atoms with van der Waals surface area (Å²) in [5.41, 5.74) is 9.71. The van der Waals surface area contributed by atoms with E-state index in [0.29, 0.717) is 39.1 Å². The molecule has 0 amide bonds. The summed E-state index contributed by atoms with van der Waals surface area (Å²) in [6, 6.07) is 6.60. The largest absolute Gasteiger partial charge is 0.508 e. The van der Waals surface area contributed by atoms with E-state index in [4.69, 9.17) is 21.9 Å². The second kappa shape index (κ2) is 6.18. The van der Waals surface area contributed by atoms with Crippen LogP contribution in [-0.2, 0) is 0 Å². The molecule has 4 N–H and O–H groups in total. The summed E-state index contributed by atoms with van der Waals surface area (Å²) in [7, 11) is 0. The number of aryl methyl sites for hydroxylation is 2. The van der Waals surface area contributed by atoms with Crippen molar-refractivity contribution in [3.63, 3.8) is 0 Å². The number of phenols is 1. The van der Waals surface area contributed by atoms with Crippen molar-refractivity contribution < 1.29 is 14.8 Å². The van der Waals surface area contributed by atoms with Crippen LogP contribution in [0.1, 0.15) is 22.7 Å². The van der Waals surface area contributed by atoms with Gasteiger partial charge in [0, 0.05) is 5.56 Å². The van der Waals surface area contributed by atoms with Crippen molar-refractivity contribution in [1.82, 2.24) is 9.72 Å². The quantitative estimate of drug-likeness (QED) is 0.286. The molecule has 3 rings (SSSR count). The van der Waals surface area contributed by atoms with E-state index in [9.17, 15) is 10.3 Å². The highest BCUT2D eigenvalue weighted by molar-refractivity contribution is 6.35. The number of oxime groups is 1. The predicted molar refractivity (Wildman–Crippen MR) is 94.7 cm³/mol. The zero-order valence-corrected chi connectivity index (χ0v) is 14.7. The fourth-order valence-corrected chi connectivity index (χ4v) is 3.19. The Kier molecular flexibility index (Phi) is 4.18. The summed E-state index contributed by atoms with van der Waals surface area (Å²) < 4.78 is 7.04. The van der Waals surface area contributed by atoms with E-state index < -0.39 is 0 Å². The standard InChI is InChI=1S/C17H17ClN4O3/c1-8-13(18)16(11-4-6-12(23)7-5-11)22(14(8)17(19)20-24)15-9(2)21-25-10(15)3/h4-7,23-24H,1-3H3,(H2,19,20). The molecular formula is C17H17ClN4O3. The van der Waals surface area contributed by atoms with E-state index in [1.54, 1.807) is 49.6 Å². The Morgan fingerprint density at radius 2 is 1.88 bits per heavy atom. The predicted octanol–water partition coefficient (Wildman–Crippen LogP) is 3.51. The van der Waals surface area contributed by atoms with Gasteiger partial charge in [0.05, 0.1) is 16.4 Å². The first kappa shape index (κ1) is 16.9. The molecule has 0 aliphatic carbocycles. The maximum Gasteiger partial charge on any atom is 0.187 e. The lowest BCUT2D eigenvalue weighted by molar-refractivity contribution is 0.318. The smallest absolute Gasteiger partial charge is 0.187 e. The highest BCUT2D eigenvalue weighted by atomic mass is 35.5. The minimum absolute atomic E-state index is 0.0792. The first-order valence-electron chi connectivity index (χ1n) is 7.48. The highest BCUT2D eigenvalue weighted by Gasteiger charge is 2.27. The summed E-state index contributed by atoms with van der Waals surface area (Å²) >= 11 is 6.59. The van der Waals surface area contributed by atoms with Gasteiger partial charge in [0.1, 0.15) is 17.1 Å². The van der Waals surface area contributed by atoms with Gasteiger partial charge in [-0.2, -0.15) is 0 Å². The minimum atomic E-state index is -0.0792. The normalized spacial score (nSPS) is 11.9. The molecule has 130 valence electrons. The van der Waals surface area contributed by atoms with Crippen LogP contribution >= 0.6 is 11.6 Å². The number of nitrogens with two attached hydrogens (primary N) is 1. The molecule has 1 aromatic carbocycles. The molecule has 8 heteroatoms. The molecule has 7 nitrogen and oxygen atoms in total. The maximum absolute atomic E-state index is 9.56. The number of phenolic OH excluding ortho intramolecular Hbond substituents is 1. The van der Waals surface area contributed by atoms with Crippen LogP contribution in [0.4, 0.5) is 0 Å². The summed E-state index contributed by atoms with van der Waals surface area (Å²) in [6.45, 7) is 5.36. The molecule has 0 saturated heterocycles. The van der Waals surface area contributed by atoms with Gasteiger partial charge in [-0.1, -0.05) is 21.9 Å². The molecule has 0 aliphatic heterocycles. The van der Waals surface area contributed by atoms with Crippen molar-refractivity contribution in [2.24, 2.45) is 10.9 Å². The number of rotatable bonds is 3. The van der Waals surface area contributed by atoms with Gasteiger partial charge in [0.25, 0.3) is 0 Å². The van der Waals surface area contributed by atoms with Gasteiger partial charge in [-0.3, -0.25) is 4.57 Å². The molecule has 0 radical (unpaired) electrons. The fraction of sp³-hybridized carbons (Fsp3) is 0.176. The number of hydrogen-bond donors (Lipinski definition) is 3. The van der Waals surface area contributed by atoms with E-state index in [1.165, 1.54) is 0 Å². The molecule has 0 saturated carbocycles. The SMILES string of the molecule is Cc1noc(C)c1-n1c(/C(N)=N/O)c(C)c(Cl)c1-c1ccc(O)cc1. The van der Waals surface area contributed by atoms with Crippen LogP contribution in [0.25, 0.3) is 16.9 Å². The third-order valence-corrected chi connectivity index (χ3v) is 4.51. The Bertz CT molecular complexity index is 951. The van der Waals surface area contributed by atoms with Crippen molar-refractivity contribution in [1.29, 1.82) is 0 Å². The number of aromatic hydroxyl groups is 1. The summed E-state index contributed by atoms with van der Waals surface area (Å²) in [5.74, 6) is 0.629. The first-order valence-corrected chi connectivity index (χ1v) is 7.86. The van der Waals surface area contributed by atoms with Crippen LogP contribution in [0.5, 0.6) is 5.75 Å². The molecule has 0 atom stereocenters. The molecule has 0 bridgehead atoms. The third-order valence-electron chi connectivity index (χ3n) is 4.05. The first-order chi connectivity index (χ1) is 11.9. The minimum Gasteiger partial charge on any atom is -0.508 e. The van der Waals surface area contributed by atoms with Gasteiger partial charge in [0.15, 0.2) is 11.6 Å². The van der Waals surface area contributed by atoms with Crippen molar-refractivity contribution in [3.8, 4) is 22.7 Å². The monoisotopic (exact) mass is 360 g/mol. The van der Waals surface area contributed by atoms with Crippen LogP contribution in [0.2, 0.25) is 5.02 Å². The van der Waals surface area contributed by atoms with Crippen LogP contribution < -0.4 is 5.73 Å². The van der Waals surface area contributed by atoms with Crippen molar-refractivity contribution >= 4 is 17.4 Å². The Morgan fingerprint density at radius 3 is 2.40 bits per heavy atom. The molecule has 0 spiro atoms. The van der Waals surface area contributed by atoms with E-state index in [2.05, 4.69) is 10.3 Å². The molecule has 2 aromatic heterocycles. The van der Waals surface area contributed by atoms with Crippen molar-refractivity contribution in [2.75, 3.05) is 0 Å². The lowest BCUT2D eigenvalue weighted by atomic mass is 10.1. The topological polar surface area (TPSA) is 110 Å². The molecule has 2 heterocycles. The average molecular weight is 361 g/mol. The van der Waals surface area contributed by atoms with E-state index in [1.807, 2.05) is 0 Å². The van der Waals surface area contributed by atoms with Crippen molar-refractivity contribution in [3.05, 3.63) is 52.0 Å². The Labute approximate surface area is 148 Å². The number of amidine groups is 1. The van der Waals surface area contributed by atoms with E-state index in [0.717, 1.165) is 5.56 Å². The molecular weight excluding hydrogens is 344 g/mol. The van der Waals surface area contributed by atoms with E-state index >= 15 is 0 Å². The maximum atomic E-state index is 9.56. The molecule has 25 heavy (non-hydrogen) atoms. The fourth-order valence-electron chi connectivity index (χ4n) is 2.91. The zero-order valence-electron chi connectivity index (χ0n) is 13.9. The van der Waals surface area contributed by atoms with Gasteiger partial charge in [-0.15, -0.1) is 0 Å². The number of hydrogen-bond acceptors (Lipinski definition) is 5. The number of nitrogens with zero attached hydrogens (tertiary/aromatic N) is 3. The Balaban J connectivity index is 2.45. The van der Waals surface area contributed by atoms with Crippen molar-refractivity contribution in [2.45, 2.75) is 20.8 Å². The van der Waals surface area contributed by atoms with Gasteiger partial charge in [0.2, 0.25) is 0 Å². The second-order valence-electron chi connectivity index (χ2n) is 5.68. The lowest BCUT2D eigenvalue weighted by Crippen LogP contribution is -2.19. The number of halogens is 1. The van der Waals surface area contributed by atoms with Gasteiger partial charge < -0.3 is 20.6 Å². The summed E-state index contributed by atoms with van der Waals surface area (Å²) in [4.78, 5) is 0. The summed E-state index contributed by atoms with van der Waals surface area (Å²) in [5, 5.41) is 26.3. The molecule has 0 aliphatic rings. The van der Waals surface area contributed by atoms with Gasteiger partial charge >= 0.3 is 0 Å². The zero-order chi connectivity index (χ0) is 18.3. The van der Waals surface area contributed by atoms with Crippen LogP contribution in [0.15, 0.2) is 33.9 Å². The highest BCUT2D eigenvalue weighted by Crippen LogP contribution is 2.39. The number of benzene rings is 1. The van der Waals surface area contributed by atoms with Crippen LogP contribution in [0.3, 0.4) is 0 Å². The third kappa shape index (κ3) is 2.62. The summed E-state index contributed by atoms with van der Waals surface area (Å²) in [6.07, 6.45) is 0.